The number of hydrogen-bond acceptors (Lipinski definition) is 4. The molecule has 1 aliphatic heterocycles. The van der Waals surface area contributed by atoms with E-state index in [0.29, 0.717) is 18.7 Å². The molecule has 0 fully saturated rings. The molecule has 0 unspecified atom stereocenters. The lowest BCUT2D eigenvalue weighted by molar-refractivity contribution is -0.157. The third-order valence-corrected chi connectivity index (χ3v) is 5.84. The van der Waals surface area contributed by atoms with Crippen molar-refractivity contribution in [3.8, 4) is 0 Å². The van der Waals surface area contributed by atoms with Crippen molar-refractivity contribution in [3.05, 3.63) is 53.3 Å². The van der Waals surface area contributed by atoms with Gasteiger partial charge in [-0.25, -0.2) is 4.79 Å². The Morgan fingerprint density at radius 3 is 2.56 bits per heavy atom. The molecule has 1 N–H and O–H groups in total. The summed E-state index contributed by atoms with van der Waals surface area (Å²) in [6, 6.07) is 8.15. The van der Waals surface area contributed by atoms with Crippen molar-refractivity contribution in [2.45, 2.75) is 84.4 Å². The van der Waals surface area contributed by atoms with E-state index in [1.165, 1.54) is 0 Å². The van der Waals surface area contributed by atoms with Gasteiger partial charge in [0.2, 0.25) is 0 Å². The third-order valence-electron chi connectivity index (χ3n) is 5.84. The number of amides is 1. The van der Waals surface area contributed by atoms with E-state index in [2.05, 4.69) is 18.0 Å². The van der Waals surface area contributed by atoms with Crippen LogP contribution < -0.4 is 0 Å². The molecule has 0 radical (unpaired) electrons. The standard InChI is InChI=1S/C26H34N2O4/c1-6-7-11-22-27-25(2,3)23(29)28(22)17-18-12-14-19(15-13-18)20-9-8-10-21(16-20)32-26(4,5)24(30)31/h9,12-16H,6-8,10-11,17H2,1-5H3,(H,30,31). The molecular weight excluding hydrogens is 404 g/mol. The molecule has 1 aromatic carbocycles. The molecule has 2 aliphatic rings. The Kier molecular flexibility index (Phi) is 6.91. The number of amidine groups is 1. The quantitative estimate of drug-likeness (QED) is 0.565. The number of aliphatic carboxylic acids is 1. The molecule has 0 saturated heterocycles. The number of nitrogens with zero attached hydrogens (tertiary/aromatic N) is 2. The van der Waals surface area contributed by atoms with E-state index < -0.39 is 17.1 Å². The largest absolute Gasteiger partial charge is 0.480 e. The molecule has 1 aliphatic carbocycles. The summed E-state index contributed by atoms with van der Waals surface area (Å²) in [6.07, 6.45) is 8.44. The Morgan fingerprint density at radius 1 is 1.25 bits per heavy atom. The predicted octanol–water partition coefficient (Wildman–Crippen LogP) is 5.34. The molecule has 0 saturated carbocycles. The summed E-state index contributed by atoms with van der Waals surface area (Å²) in [5.74, 6) is 0.626. The van der Waals surface area contributed by atoms with E-state index in [0.717, 1.165) is 48.2 Å². The van der Waals surface area contributed by atoms with Crippen LogP contribution in [0.5, 0.6) is 0 Å². The Hall–Kier alpha value is -2.89. The second-order valence-corrected chi connectivity index (χ2v) is 9.51. The average molecular weight is 439 g/mol. The van der Waals surface area contributed by atoms with Crippen molar-refractivity contribution in [1.82, 2.24) is 4.90 Å². The number of carbonyl (C=O) groups is 2. The van der Waals surface area contributed by atoms with Gasteiger partial charge in [-0.2, -0.15) is 0 Å². The number of carboxylic acid groups (broad SMARTS) is 1. The number of allylic oxidation sites excluding steroid dienone is 4. The normalized spacial score (nSPS) is 18.2. The van der Waals surface area contributed by atoms with Crippen molar-refractivity contribution < 1.29 is 19.4 Å². The lowest BCUT2D eigenvalue weighted by Gasteiger charge is -2.25. The first-order valence-corrected chi connectivity index (χ1v) is 11.4. The zero-order valence-electron chi connectivity index (χ0n) is 19.8. The maximum absolute atomic E-state index is 12.9. The van der Waals surface area contributed by atoms with Crippen LogP contribution in [-0.2, 0) is 20.9 Å². The fourth-order valence-corrected chi connectivity index (χ4v) is 3.88. The topological polar surface area (TPSA) is 79.2 Å². The minimum atomic E-state index is -1.26. The molecule has 32 heavy (non-hydrogen) atoms. The Morgan fingerprint density at radius 2 is 1.94 bits per heavy atom. The van der Waals surface area contributed by atoms with Crippen molar-refractivity contribution in [2.24, 2.45) is 4.99 Å². The molecule has 3 rings (SSSR count). The monoisotopic (exact) mass is 438 g/mol. The molecule has 1 aromatic rings. The molecule has 6 heteroatoms. The Bertz CT molecular complexity index is 968. The smallest absolute Gasteiger partial charge is 0.347 e. The third kappa shape index (κ3) is 5.29. The number of carboxylic acids is 1. The number of ether oxygens (including phenoxy) is 1. The van der Waals surface area contributed by atoms with Gasteiger partial charge in [-0.3, -0.25) is 14.7 Å². The van der Waals surface area contributed by atoms with Gasteiger partial charge in [-0.1, -0.05) is 43.7 Å². The molecule has 172 valence electrons. The second-order valence-electron chi connectivity index (χ2n) is 9.51. The summed E-state index contributed by atoms with van der Waals surface area (Å²) < 4.78 is 5.74. The van der Waals surface area contributed by atoms with Gasteiger partial charge in [0, 0.05) is 12.8 Å². The average Bonchev–Trinajstić information content (AvgIpc) is 2.95. The maximum atomic E-state index is 12.9. The first kappa shape index (κ1) is 23.8. The number of aliphatic imine (C=N–C) groups is 1. The summed E-state index contributed by atoms with van der Waals surface area (Å²) in [5, 5.41) is 9.32. The molecule has 0 bridgehead atoms. The highest BCUT2D eigenvalue weighted by Gasteiger charge is 2.40. The maximum Gasteiger partial charge on any atom is 0.347 e. The van der Waals surface area contributed by atoms with Crippen molar-refractivity contribution in [2.75, 3.05) is 0 Å². The van der Waals surface area contributed by atoms with Gasteiger partial charge >= 0.3 is 5.97 Å². The van der Waals surface area contributed by atoms with Crippen LogP contribution in [0.25, 0.3) is 5.57 Å². The zero-order valence-corrected chi connectivity index (χ0v) is 19.8. The Labute approximate surface area is 190 Å². The summed E-state index contributed by atoms with van der Waals surface area (Å²) in [7, 11) is 0. The number of unbranched alkanes of at least 4 members (excludes halogenated alkanes) is 1. The van der Waals surface area contributed by atoms with E-state index in [9.17, 15) is 14.7 Å². The van der Waals surface area contributed by atoms with Gasteiger partial charge in [0.1, 0.15) is 11.4 Å². The van der Waals surface area contributed by atoms with E-state index in [-0.39, 0.29) is 5.91 Å². The molecule has 1 amide bonds. The van der Waals surface area contributed by atoms with E-state index in [4.69, 9.17) is 4.74 Å². The highest BCUT2D eigenvalue weighted by atomic mass is 16.5. The van der Waals surface area contributed by atoms with Gasteiger partial charge in [-0.15, -0.1) is 0 Å². The van der Waals surface area contributed by atoms with E-state index >= 15 is 0 Å². The number of benzene rings is 1. The molecular formula is C26H34N2O4. The lowest BCUT2D eigenvalue weighted by atomic mass is 9.97. The molecule has 1 heterocycles. The summed E-state index contributed by atoms with van der Waals surface area (Å²) >= 11 is 0. The number of rotatable bonds is 9. The second kappa shape index (κ2) is 9.31. The van der Waals surface area contributed by atoms with Crippen molar-refractivity contribution in [3.63, 3.8) is 0 Å². The molecule has 6 nitrogen and oxygen atoms in total. The van der Waals surface area contributed by atoms with Crippen molar-refractivity contribution >= 4 is 23.3 Å². The van der Waals surface area contributed by atoms with Crippen LogP contribution in [0.15, 0.2) is 47.2 Å². The van der Waals surface area contributed by atoms with E-state index in [1.54, 1.807) is 13.8 Å². The van der Waals surface area contributed by atoms with Gasteiger partial charge < -0.3 is 9.84 Å². The summed E-state index contributed by atoms with van der Waals surface area (Å²) in [6.45, 7) is 9.51. The minimum absolute atomic E-state index is 0.0495. The van der Waals surface area contributed by atoms with Gasteiger partial charge in [0.15, 0.2) is 5.60 Å². The van der Waals surface area contributed by atoms with Gasteiger partial charge in [0.05, 0.1) is 12.3 Å². The fourth-order valence-electron chi connectivity index (χ4n) is 3.88. The van der Waals surface area contributed by atoms with E-state index in [1.807, 2.05) is 49.1 Å². The van der Waals surface area contributed by atoms with Gasteiger partial charge in [-0.05, 0) is 63.3 Å². The highest BCUT2D eigenvalue weighted by Crippen LogP contribution is 2.30. The Balaban J connectivity index is 1.72. The van der Waals surface area contributed by atoms with Crippen LogP contribution in [0.1, 0.15) is 77.8 Å². The zero-order chi connectivity index (χ0) is 23.5. The minimum Gasteiger partial charge on any atom is -0.480 e. The summed E-state index contributed by atoms with van der Waals surface area (Å²) in [4.78, 5) is 30.7. The van der Waals surface area contributed by atoms with Crippen LogP contribution in [-0.4, -0.2) is 38.9 Å². The lowest BCUT2D eigenvalue weighted by Crippen LogP contribution is -2.38. The van der Waals surface area contributed by atoms with Crippen LogP contribution in [0, 0.1) is 0 Å². The highest BCUT2D eigenvalue weighted by molar-refractivity contribution is 6.07. The predicted molar refractivity (Wildman–Crippen MR) is 126 cm³/mol. The van der Waals surface area contributed by atoms with Crippen molar-refractivity contribution in [1.29, 1.82) is 0 Å². The molecule has 0 atom stereocenters. The van der Waals surface area contributed by atoms with Crippen LogP contribution in [0.4, 0.5) is 0 Å². The SMILES string of the molecule is CCCCC1=NC(C)(C)C(=O)N1Cc1ccc(C2=CCCC(OC(C)(C)C(=O)O)=C2)cc1. The molecule has 0 aromatic heterocycles. The number of hydrogen-bond donors (Lipinski definition) is 1. The summed E-state index contributed by atoms with van der Waals surface area (Å²) in [5.41, 5.74) is 1.15. The first-order valence-electron chi connectivity index (χ1n) is 11.4. The number of carbonyl (C=O) groups excluding carboxylic acids is 1. The molecule has 0 spiro atoms. The first-order chi connectivity index (χ1) is 15.0. The van der Waals surface area contributed by atoms with Crippen LogP contribution in [0.2, 0.25) is 0 Å². The van der Waals surface area contributed by atoms with Crippen LogP contribution >= 0.6 is 0 Å². The fraction of sp³-hybridized carbons (Fsp3) is 0.500. The van der Waals surface area contributed by atoms with Gasteiger partial charge in [0.25, 0.3) is 5.91 Å². The van der Waals surface area contributed by atoms with Crippen LogP contribution in [0.3, 0.4) is 0 Å².